The fourth-order valence-corrected chi connectivity index (χ4v) is 4.02. The third-order valence-corrected chi connectivity index (χ3v) is 5.57. The Kier molecular flexibility index (Phi) is 3.01. The van der Waals surface area contributed by atoms with E-state index in [1.54, 1.807) is 24.3 Å². The Morgan fingerprint density at radius 2 is 2.00 bits per heavy atom. The third kappa shape index (κ3) is 2.22. The number of anilines is 1. The van der Waals surface area contributed by atoms with Gasteiger partial charge in [-0.05, 0) is 54.3 Å². The van der Waals surface area contributed by atoms with Crippen molar-refractivity contribution in [3.8, 4) is 5.75 Å². The zero-order chi connectivity index (χ0) is 17.9. The molecule has 130 valence electrons. The monoisotopic (exact) mass is 346 g/mol. The maximum absolute atomic E-state index is 13.1. The summed E-state index contributed by atoms with van der Waals surface area (Å²) in [4.78, 5) is 23.2. The molecule has 1 saturated carbocycles. The van der Waals surface area contributed by atoms with Gasteiger partial charge in [0.2, 0.25) is 0 Å². The number of benzene rings is 2. The van der Waals surface area contributed by atoms with E-state index >= 15 is 0 Å². The Hall–Kier alpha value is -3.15. The van der Waals surface area contributed by atoms with Gasteiger partial charge in [0.1, 0.15) is 17.9 Å². The smallest absolute Gasteiger partial charge is 0.254 e. The van der Waals surface area contributed by atoms with E-state index in [2.05, 4.69) is 9.97 Å². The molecule has 1 amide bonds. The van der Waals surface area contributed by atoms with Crippen molar-refractivity contribution in [2.24, 2.45) is 0 Å². The van der Waals surface area contributed by atoms with Crippen LogP contribution in [0.3, 0.4) is 0 Å². The Bertz CT molecular complexity index is 1060. The van der Waals surface area contributed by atoms with Gasteiger partial charge in [0.05, 0.1) is 5.52 Å². The molecule has 0 atom stereocenters. The molecule has 0 bridgehead atoms. The number of nitrogens with two attached hydrogens (primary N) is 1. The molecular formula is C20H18N4O2. The number of phenols is 1. The average molecular weight is 346 g/mol. The van der Waals surface area contributed by atoms with Crippen molar-refractivity contribution in [1.29, 1.82) is 0 Å². The van der Waals surface area contributed by atoms with Crippen molar-refractivity contribution in [1.82, 2.24) is 14.9 Å². The molecule has 0 unspecified atom stereocenters. The lowest BCUT2D eigenvalue weighted by Gasteiger charge is -2.35. The first-order valence-corrected chi connectivity index (χ1v) is 8.68. The van der Waals surface area contributed by atoms with Crippen LogP contribution in [0.15, 0.2) is 42.7 Å². The summed E-state index contributed by atoms with van der Waals surface area (Å²) in [5.41, 5.74) is 9.46. The predicted molar refractivity (Wildman–Crippen MR) is 97.7 cm³/mol. The number of nitrogen functional groups attached to an aromatic ring is 1. The Balaban J connectivity index is 1.51. The largest absolute Gasteiger partial charge is 0.508 e. The van der Waals surface area contributed by atoms with Gasteiger partial charge in [-0.3, -0.25) is 4.79 Å². The number of hydrogen-bond acceptors (Lipinski definition) is 5. The van der Waals surface area contributed by atoms with Crippen LogP contribution in [0.5, 0.6) is 5.75 Å². The predicted octanol–water partition coefficient (Wildman–Crippen LogP) is 2.61. The summed E-state index contributed by atoms with van der Waals surface area (Å²) in [6, 6.07) is 10.9. The lowest BCUT2D eigenvalue weighted by molar-refractivity contribution is 0.0709. The second-order valence-corrected chi connectivity index (χ2v) is 7.27. The molecule has 6 heteroatoms. The highest BCUT2D eigenvalue weighted by Gasteiger charge is 2.50. The van der Waals surface area contributed by atoms with E-state index in [1.807, 2.05) is 17.0 Å². The highest BCUT2D eigenvalue weighted by molar-refractivity contribution is 5.99. The molecule has 1 fully saturated rings. The Labute approximate surface area is 150 Å². The topological polar surface area (TPSA) is 92.3 Å². The quantitative estimate of drug-likeness (QED) is 0.706. The minimum atomic E-state index is -0.00548. The zero-order valence-corrected chi connectivity index (χ0v) is 14.1. The molecule has 6 nitrogen and oxygen atoms in total. The van der Waals surface area contributed by atoms with Crippen molar-refractivity contribution in [3.05, 3.63) is 59.4 Å². The van der Waals surface area contributed by atoms with Gasteiger partial charge in [-0.2, -0.15) is 0 Å². The van der Waals surface area contributed by atoms with Crippen molar-refractivity contribution in [2.75, 3.05) is 12.3 Å². The first-order valence-electron chi connectivity index (χ1n) is 8.68. The SMILES string of the molecule is Nc1ncnc2cc(C(=O)N3Cc4ccc(O)cc4C4(CC4)C3)ccc12. The number of phenolic OH excluding ortho intramolecular Hbond substituents is 1. The molecule has 3 N–H and O–H groups in total. The molecule has 0 saturated heterocycles. The molecule has 3 aromatic rings. The molecule has 2 aliphatic rings. The molecule has 5 rings (SSSR count). The number of nitrogens with zero attached hydrogens (tertiary/aromatic N) is 3. The van der Waals surface area contributed by atoms with Crippen LogP contribution in [0, 0.1) is 0 Å². The number of aromatic hydroxyl groups is 1. The summed E-state index contributed by atoms with van der Waals surface area (Å²) in [6.07, 6.45) is 3.51. The highest BCUT2D eigenvalue weighted by atomic mass is 16.3. The first kappa shape index (κ1) is 15.1. The Morgan fingerprint density at radius 3 is 2.81 bits per heavy atom. The second kappa shape index (κ2) is 5.17. The van der Waals surface area contributed by atoms with Gasteiger partial charge in [0.15, 0.2) is 0 Å². The van der Waals surface area contributed by atoms with E-state index in [4.69, 9.17) is 5.73 Å². The van der Waals surface area contributed by atoms with Crippen LogP contribution in [-0.4, -0.2) is 32.4 Å². The molecule has 2 aromatic carbocycles. The summed E-state index contributed by atoms with van der Waals surface area (Å²) >= 11 is 0. The maximum Gasteiger partial charge on any atom is 0.254 e. The van der Waals surface area contributed by atoms with Gasteiger partial charge >= 0.3 is 0 Å². The number of aromatic nitrogens is 2. The third-order valence-electron chi connectivity index (χ3n) is 5.57. The fraction of sp³-hybridized carbons (Fsp3) is 0.250. The molecule has 1 aliphatic carbocycles. The van der Waals surface area contributed by atoms with Crippen LogP contribution in [0.4, 0.5) is 5.82 Å². The zero-order valence-electron chi connectivity index (χ0n) is 14.1. The van der Waals surface area contributed by atoms with Gasteiger partial charge in [0.25, 0.3) is 5.91 Å². The van der Waals surface area contributed by atoms with Crippen LogP contribution in [0.25, 0.3) is 10.9 Å². The van der Waals surface area contributed by atoms with Crippen LogP contribution >= 0.6 is 0 Å². The van der Waals surface area contributed by atoms with Gasteiger partial charge in [-0.1, -0.05) is 6.07 Å². The molecule has 1 spiro atoms. The fourth-order valence-electron chi connectivity index (χ4n) is 4.02. The lowest BCUT2D eigenvalue weighted by atomic mass is 9.86. The summed E-state index contributed by atoms with van der Waals surface area (Å²) in [5.74, 6) is 0.702. The molecule has 2 heterocycles. The van der Waals surface area contributed by atoms with Crippen molar-refractivity contribution in [2.45, 2.75) is 24.8 Å². The molecule has 0 radical (unpaired) electrons. The summed E-state index contributed by atoms with van der Waals surface area (Å²) in [5, 5.41) is 10.6. The van der Waals surface area contributed by atoms with E-state index in [9.17, 15) is 9.90 Å². The number of hydrogen-bond donors (Lipinski definition) is 2. The first-order chi connectivity index (χ1) is 12.6. The minimum absolute atomic E-state index is 0.00539. The van der Waals surface area contributed by atoms with Gasteiger partial charge in [-0.25, -0.2) is 9.97 Å². The van der Waals surface area contributed by atoms with Crippen LogP contribution < -0.4 is 5.73 Å². The summed E-state index contributed by atoms with van der Waals surface area (Å²) in [7, 11) is 0. The van der Waals surface area contributed by atoms with E-state index in [1.165, 1.54) is 11.9 Å². The second-order valence-electron chi connectivity index (χ2n) is 7.27. The summed E-state index contributed by atoms with van der Waals surface area (Å²) in [6.45, 7) is 1.24. The minimum Gasteiger partial charge on any atom is -0.508 e. The van der Waals surface area contributed by atoms with Gasteiger partial charge < -0.3 is 15.7 Å². The van der Waals surface area contributed by atoms with Crippen molar-refractivity contribution < 1.29 is 9.90 Å². The van der Waals surface area contributed by atoms with Crippen LogP contribution in [-0.2, 0) is 12.0 Å². The molecule has 1 aromatic heterocycles. The highest BCUT2D eigenvalue weighted by Crippen LogP contribution is 2.53. The average Bonchev–Trinajstić information content (AvgIpc) is 3.41. The van der Waals surface area contributed by atoms with E-state index in [0.717, 1.165) is 23.8 Å². The maximum atomic E-state index is 13.1. The molecule has 26 heavy (non-hydrogen) atoms. The van der Waals surface area contributed by atoms with E-state index in [0.29, 0.717) is 35.7 Å². The molecule has 1 aliphatic heterocycles. The van der Waals surface area contributed by atoms with Crippen LogP contribution in [0.2, 0.25) is 0 Å². The van der Waals surface area contributed by atoms with Gasteiger partial charge in [0, 0.05) is 29.5 Å². The number of carbonyl (C=O) groups is 1. The van der Waals surface area contributed by atoms with E-state index in [-0.39, 0.29) is 11.3 Å². The number of rotatable bonds is 1. The number of amides is 1. The van der Waals surface area contributed by atoms with Gasteiger partial charge in [-0.15, -0.1) is 0 Å². The Morgan fingerprint density at radius 1 is 1.15 bits per heavy atom. The summed E-state index contributed by atoms with van der Waals surface area (Å²) < 4.78 is 0. The lowest BCUT2D eigenvalue weighted by Crippen LogP contribution is -2.41. The van der Waals surface area contributed by atoms with Crippen LogP contribution in [0.1, 0.15) is 34.3 Å². The normalized spacial score (nSPS) is 17.3. The number of fused-ring (bicyclic) bond motifs is 3. The van der Waals surface area contributed by atoms with Crippen molar-refractivity contribution >= 4 is 22.6 Å². The number of carbonyl (C=O) groups excluding carboxylic acids is 1. The van der Waals surface area contributed by atoms with E-state index < -0.39 is 0 Å². The van der Waals surface area contributed by atoms with Crippen molar-refractivity contribution in [3.63, 3.8) is 0 Å². The standard InChI is InChI=1S/C20H18N4O2/c21-18-15-4-2-12(7-17(15)22-11-23-18)19(26)24-9-13-1-3-14(25)8-16(13)20(10-24)5-6-20/h1-4,7-8,11,25H,5-6,9-10H2,(H2,21,22,23). The molecular weight excluding hydrogens is 328 g/mol.